The normalized spacial score (nSPS) is 20.1. The van der Waals surface area contributed by atoms with E-state index in [0.29, 0.717) is 10.9 Å². The van der Waals surface area contributed by atoms with Crippen molar-refractivity contribution in [3.8, 4) is 5.75 Å². The molecule has 0 spiro atoms. The molecule has 2 rings (SSSR count). The number of hydrogen-bond donors (Lipinski definition) is 2. The first-order valence-corrected chi connectivity index (χ1v) is 6.68. The summed E-state index contributed by atoms with van der Waals surface area (Å²) in [6, 6.07) is 7.53. The van der Waals surface area contributed by atoms with E-state index in [4.69, 9.17) is 22.1 Å². The summed E-state index contributed by atoms with van der Waals surface area (Å²) in [4.78, 5) is 0. The first-order valence-electron chi connectivity index (χ1n) is 6.30. The van der Waals surface area contributed by atoms with Gasteiger partial charge < -0.3 is 15.8 Å². The van der Waals surface area contributed by atoms with E-state index in [1.165, 1.54) is 0 Å². The maximum absolute atomic E-state index is 5.96. The number of ether oxygens (including phenoxy) is 1. The maximum Gasteiger partial charge on any atom is 0.121 e. The van der Waals surface area contributed by atoms with Crippen molar-refractivity contribution < 1.29 is 4.74 Å². The molecule has 0 bridgehead atoms. The second-order valence-electron chi connectivity index (χ2n) is 4.60. The van der Waals surface area contributed by atoms with Crippen LogP contribution in [0.4, 0.5) is 0 Å². The Balaban J connectivity index is 1.93. The van der Waals surface area contributed by atoms with Gasteiger partial charge in [-0.05, 0) is 37.1 Å². The molecule has 1 aliphatic heterocycles. The summed E-state index contributed by atoms with van der Waals surface area (Å²) in [6.45, 7) is 3.03. The summed E-state index contributed by atoms with van der Waals surface area (Å²) >= 11 is 5.94. The van der Waals surface area contributed by atoms with Gasteiger partial charge in [-0.2, -0.15) is 0 Å². The minimum Gasteiger partial charge on any atom is -0.490 e. The van der Waals surface area contributed by atoms with Crippen molar-refractivity contribution in [3.63, 3.8) is 0 Å². The van der Waals surface area contributed by atoms with Gasteiger partial charge in [0.25, 0.3) is 0 Å². The minimum atomic E-state index is 0.192. The van der Waals surface area contributed by atoms with Crippen LogP contribution >= 0.6 is 11.6 Å². The predicted molar refractivity (Wildman–Crippen MR) is 74.5 cm³/mol. The van der Waals surface area contributed by atoms with Crippen molar-refractivity contribution in [1.29, 1.82) is 0 Å². The highest BCUT2D eigenvalue weighted by molar-refractivity contribution is 6.30. The van der Waals surface area contributed by atoms with E-state index in [1.807, 2.05) is 24.3 Å². The summed E-state index contributed by atoms with van der Waals surface area (Å²) < 4.78 is 5.96. The Morgan fingerprint density at radius 2 is 2.39 bits per heavy atom. The average molecular weight is 267 g/mol. The van der Waals surface area contributed by atoms with Gasteiger partial charge in [-0.1, -0.05) is 24.6 Å². The molecule has 1 heterocycles. The molecular formula is C14H19ClN2O. The molecule has 0 fully saturated rings. The smallest absolute Gasteiger partial charge is 0.121 e. The second kappa shape index (κ2) is 6.01. The van der Waals surface area contributed by atoms with Crippen LogP contribution in [0.5, 0.6) is 5.75 Å². The highest BCUT2D eigenvalue weighted by Gasteiger charge is 2.19. The van der Waals surface area contributed by atoms with Crippen LogP contribution in [-0.4, -0.2) is 12.6 Å². The molecule has 0 amide bonds. The van der Waals surface area contributed by atoms with Crippen LogP contribution in [0.25, 0.3) is 0 Å². The van der Waals surface area contributed by atoms with Crippen LogP contribution in [0.2, 0.25) is 5.02 Å². The molecule has 1 aromatic rings. The lowest BCUT2D eigenvalue weighted by Gasteiger charge is -2.20. The first-order chi connectivity index (χ1) is 8.67. The molecule has 3 nitrogen and oxygen atoms in total. The van der Waals surface area contributed by atoms with E-state index >= 15 is 0 Å². The van der Waals surface area contributed by atoms with E-state index in [2.05, 4.69) is 18.3 Å². The summed E-state index contributed by atoms with van der Waals surface area (Å²) in [7, 11) is 0. The molecule has 98 valence electrons. The van der Waals surface area contributed by atoms with Crippen molar-refractivity contribution in [2.75, 3.05) is 6.54 Å². The zero-order valence-corrected chi connectivity index (χ0v) is 11.3. The third-order valence-electron chi connectivity index (χ3n) is 3.10. The fraction of sp³-hybridized carbons (Fsp3) is 0.429. The molecule has 0 radical (unpaired) electrons. The minimum absolute atomic E-state index is 0.192. The van der Waals surface area contributed by atoms with Crippen molar-refractivity contribution in [1.82, 2.24) is 5.32 Å². The quantitative estimate of drug-likeness (QED) is 0.862. The van der Waals surface area contributed by atoms with Crippen LogP contribution in [0.1, 0.15) is 19.8 Å². The Bertz CT molecular complexity index is 434. The molecule has 4 heteroatoms. The molecular weight excluding hydrogens is 248 g/mol. The molecule has 2 atom stereocenters. The number of nitrogens with two attached hydrogens (primary N) is 1. The lowest BCUT2D eigenvalue weighted by atomic mass is 10.0. The average Bonchev–Trinajstić information content (AvgIpc) is 2.74. The molecule has 1 aliphatic rings. The van der Waals surface area contributed by atoms with Crippen molar-refractivity contribution in [3.05, 3.63) is 41.2 Å². The fourth-order valence-electron chi connectivity index (χ4n) is 2.14. The zero-order chi connectivity index (χ0) is 13.0. The summed E-state index contributed by atoms with van der Waals surface area (Å²) in [5, 5.41) is 3.84. The topological polar surface area (TPSA) is 47.3 Å². The van der Waals surface area contributed by atoms with Gasteiger partial charge in [0.15, 0.2) is 0 Å². The number of rotatable bonds is 5. The number of benzene rings is 1. The van der Waals surface area contributed by atoms with E-state index in [1.54, 1.807) is 0 Å². The molecule has 0 saturated heterocycles. The molecule has 0 aliphatic carbocycles. The van der Waals surface area contributed by atoms with E-state index in [9.17, 15) is 0 Å². The molecule has 0 saturated carbocycles. The van der Waals surface area contributed by atoms with Gasteiger partial charge in [-0.15, -0.1) is 0 Å². The lowest BCUT2D eigenvalue weighted by Crippen LogP contribution is -2.22. The van der Waals surface area contributed by atoms with Gasteiger partial charge in [0.2, 0.25) is 0 Å². The van der Waals surface area contributed by atoms with Gasteiger partial charge in [0.1, 0.15) is 5.75 Å². The second-order valence-corrected chi connectivity index (χ2v) is 5.04. The fourth-order valence-corrected chi connectivity index (χ4v) is 2.32. The summed E-state index contributed by atoms with van der Waals surface area (Å²) in [5.74, 6) is 2.06. The van der Waals surface area contributed by atoms with Crippen molar-refractivity contribution in [2.45, 2.75) is 25.9 Å². The van der Waals surface area contributed by atoms with Gasteiger partial charge in [-0.3, -0.25) is 0 Å². The summed E-state index contributed by atoms with van der Waals surface area (Å²) in [6.07, 6.45) is 4.20. The van der Waals surface area contributed by atoms with Crippen LogP contribution in [0, 0.1) is 5.92 Å². The number of nitrogens with one attached hydrogen (secondary N) is 1. The largest absolute Gasteiger partial charge is 0.490 e. The number of halogens is 1. The standard InChI is InChI=1S/C14H19ClN2O/c1-2-12(6-10-7-14(16)17-9-10)18-13-5-3-4-11(15)8-13/h3-5,7-8,10,12,17H,2,6,9,16H2,1H3/t10-,12-/m0/s1. The predicted octanol–water partition coefficient (Wildman–Crippen LogP) is 2.91. The van der Waals surface area contributed by atoms with E-state index < -0.39 is 0 Å². The highest BCUT2D eigenvalue weighted by Crippen LogP contribution is 2.23. The Labute approximate surface area is 113 Å². The zero-order valence-electron chi connectivity index (χ0n) is 10.5. The Morgan fingerprint density at radius 3 is 3.00 bits per heavy atom. The monoisotopic (exact) mass is 266 g/mol. The van der Waals surface area contributed by atoms with Crippen molar-refractivity contribution >= 4 is 11.6 Å². The third-order valence-corrected chi connectivity index (χ3v) is 3.34. The molecule has 0 aromatic heterocycles. The molecule has 3 N–H and O–H groups in total. The molecule has 0 unspecified atom stereocenters. The highest BCUT2D eigenvalue weighted by atomic mass is 35.5. The molecule has 1 aromatic carbocycles. The van der Waals surface area contributed by atoms with Crippen molar-refractivity contribution in [2.24, 2.45) is 11.7 Å². The van der Waals surface area contributed by atoms with E-state index in [0.717, 1.165) is 31.0 Å². The number of hydrogen-bond acceptors (Lipinski definition) is 3. The van der Waals surface area contributed by atoms with Crippen LogP contribution in [0.3, 0.4) is 0 Å². The summed E-state index contributed by atoms with van der Waals surface area (Å²) in [5.41, 5.74) is 5.71. The Morgan fingerprint density at radius 1 is 1.56 bits per heavy atom. The van der Waals surface area contributed by atoms with Gasteiger partial charge in [-0.25, -0.2) is 0 Å². The van der Waals surface area contributed by atoms with Gasteiger partial charge in [0.05, 0.1) is 11.9 Å². The Hall–Kier alpha value is -1.35. The van der Waals surface area contributed by atoms with Gasteiger partial charge in [0, 0.05) is 17.5 Å². The molecule has 18 heavy (non-hydrogen) atoms. The van der Waals surface area contributed by atoms with Crippen LogP contribution < -0.4 is 15.8 Å². The SMILES string of the molecule is CC[C@@H](C[C@H]1C=C(N)NC1)Oc1cccc(Cl)c1. The first kappa shape index (κ1) is 13.1. The maximum atomic E-state index is 5.96. The third kappa shape index (κ3) is 3.57. The van der Waals surface area contributed by atoms with Gasteiger partial charge >= 0.3 is 0 Å². The lowest BCUT2D eigenvalue weighted by molar-refractivity contribution is 0.173. The Kier molecular flexibility index (Phi) is 4.37. The van der Waals surface area contributed by atoms with Crippen LogP contribution in [-0.2, 0) is 0 Å². The van der Waals surface area contributed by atoms with E-state index in [-0.39, 0.29) is 6.10 Å². The van der Waals surface area contributed by atoms with Crippen LogP contribution in [0.15, 0.2) is 36.2 Å².